The molecule has 7 heavy (non-hydrogen) atoms. The predicted octanol–water partition coefficient (Wildman–Crippen LogP) is 1.05. The summed E-state index contributed by atoms with van der Waals surface area (Å²) in [6.45, 7) is 5.99. The van der Waals surface area contributed by atoms with E-state index in [1.807, 2.05) is 20.8 Å². The van der Waals surface area contributed by atoms with Gasteiger partial charge in [-0.1, -0.05) is 20.8 Å². The van der Waals surface area contributed by atoms with E-state index in [9.17, 15) is 4.21 Å². The second kappa shape index (κ2) is 2.26. The Hall–Kier alpha value is -0.110. The van der Waals surface area contributed by atoms with E-state index in [0.29, 0.717) is 11.3 Å². The minimum Gasteiger partial charge on any atom is -0.213 e. The van der Waals surface area contributed by atoms with Gasteiger partial charge in [-0.3, -0.25) is 0 Å². The molecule has 0 saturated carbocycles. The Morgan fingerprint density at radius 2 is 1.86 bits per heavy atom. The number of hydrogen-bond donors (Lipinski definition) is 0. The minimum absolute atomic E-state index is 0.0758. The summed E-state index contributed by atoms with van der Waals surface area (Å²) in [5.74, 6) is 0. The molecule has 1 nitrogen and oxygen atoms in total. The number of rotatable bonds is 0. The normalized spacial score (nSPS) is 10.7. The maximum Gasteiger partial charge on any atom is 0.0846 e. The zero-order valence-corrected chi connectivity index (χ0v) is 5.71. The van der Waals surface area contributed by atoms with Crippen LogP contribution >= 0.6 is 0 Å². The molecule has 0 bridgehead atoms. The molecule has 0 unspecified atom stereocenters. The van der Waals surface area contributed by atoms with Crippen LogP contribution in [0.25, 0.3) is 0 Å². The Morgan fingerprint density at radius 3 is 1.86 bits per heavy atom. The van der Waals surface area contributed by atoms with Crippen LogP contribution in [0.1, 0.15) is 20.8 Å². The third kappa shape index (κ3) is 5.89. The quantitative estimate of drug-likeness (QED) is 0.434. The molecule has 0 spiro atoms. The lowest BCUT2D eigenvalue weighted by Gasteiger charge is -2.06. The molecule has 0 rings (SSSR count). The molecule has 0 aliphatic carbocycles. The second-order valence-electron chi connectivity index (χ2n) is 2.58. The van der Waals surface area contributed by atoms with Crippen LogP contribution in [0, 0.1) is 5.41 Å². The molecule has 0 saturated heterocycles. The smallest absolute Gasteiger partial charge is 0.0846 e. The maximum absolute atomic E-state index is 9.81. The van der Waals surface area contributed by atoms with Gasteiger partial charge in [0.15, 0.2) is 0 Å². The summed E-state index contributed by atoms with van der Waals surface area (Å²) in [5, 5.41) is 1.67. The fraction of sp³-hybridized carbons (Fsp3) is 0.800. The van der Waals surface area contributed by atoms with E-state index >= 15 is 0 Å². The molecule has 0 fully saturated rings. The summed E-state index contributed by atoms with van der Waals surface area (Å²) in [4.78, 5) is 0. The van der Waals surface area contributed by atoms with Crippen molar-refractivity contribution in [1.82, 2.24) is 0 Å². The van der Waals surface area contributed by atoms with E-state index in [-0.39, 0.29) is 5.41 Å². The highest BCUT2D eigenvalue weighted by molar-refractivity contribution is 7.64. The van der Waals surface area contributed by atoms with Crippen LogP contribution in [0.5, 0.6) is 0 Å². The van der Waals surface area contributed by atoms with E-state index in [1.54, 1.807) is 5.37 Å². The predicted molar refractivity (Wildman–Crippen MR) is 33.7 cm³/mol. The molecule has 0 aromatic rings. The SMILES string of the molecule is CC(C)(C)C=S=O. The first kappa shape index (κ1) is 6.89. The molecule has 0 amide bonds. The Morgan fingerprint density at radius 1 is 1.43 bits per heavy atom. The van der Waals surface area contributed by atoms with E-state index in [1.165, 1.54) is 0 Å². The molecular formula is C5H10OS. The van der Waals surface area contributed by atoms with Crippen LogP contribution in [0.4, 0.5) is 0 Å². The monoisotopic (exact) mass is 118 g/mol. The van der Waals surface area contributed by atoms with Crippen LogP contribution in [-0.4, -0.2) is 9.58 Å². The molecule has 0 aromatic carbocycles. The van der Waals surface area contributed by atoms with Crippen molar-refractivity contribution in [2.24, 2.45) is 5.41 Å². The van der Waals surface area contributed by atoms with Crippen LogP contribution in [0.2, 0.25) is 0 Å². The summed E-state index contributed by atoms with van der Waals surface area (Å²) in [7, 11) is 0. The van der Waals surface area contributed by atoms with Crippen LogP contribution in [0.3, 0.4) is 0 Å². The first-order valence-electron chi connectivity index (χ1n) is 2.19. The van der Waals surface area contributed by atoms with Gasteiger partial charge in [0.25, 0.3) is 0 Å². The zero-order valence-electron chi connectivity index (χ0n) is 4.89. The van der Waals surface area contributed by atoms with Crippen LogP contribution in [0.15, 0.2) is 0 Å². The lowest BCUT2D eigenvalue weighted by Crippen LogP contribution is -2.04. The van der Waals surface area contributed by atoms with Gasteiger partial charge in [-0.05, 0) is 5.41 Å². The Bertz CT molecular complexity index is 95.1. The van der Waals surface area contributed by atoms with Gasteiger partial charge < -0.3 is 0 Å². The average Bonchev–Trinajstić information content (AvgIpc) is 1.30. The van der Waals surface area contributed by atoms with Gasteiger partial charge in [-0.25, -0.2) is 4.21 Å². The van der Waals surface area contributed by atoms with E-state index in [4.69, 9.17) is 0 Å². The first-order chi connectivity index (χ1) is 3.06. The van der Waals surface area contributed by atoms with Crippen molar-refractivity contribution >= 4 is 16.6 Å². The van der Waals surface area contributed by atoms with Gasteiger partial charge in [0.1, 0.15) is 0 Å². The fourth-order valence-corrected chi connectivity index (χ4v) is 0.433. The highest BCUT2D eigenvalue weighted by atomic mass is 32.1. The molecule has 42 valence electrons. The minimum atomic E-state index is 0.0758. The topological polar surface area (TPSA) is 17.1 Å². The third-order valence-electron chi connectivity index (χ3n) is 0.402. The molecule has 0 aromatic heterocycles. The maximum atomic E-state index is 9.81. The highest BCUT2D eigenvalue weighted by Gasteiger charge is 2.02. The van der Waals surface area contributed by atoms with Crippen molar-refractivity contribution in [1.29, 1.82) is 0 Å². The zero-order chi connectivity index (χ0) is 5.91. The van der Waals surface area contributed by atoms with Crippen molar-refractivity contribution in [2.45, 2.75) is 20.8 Å². The summed E-state index contributed by atoms with van der Waals surface area (Å²) >= 11 is 0.534. The van der Waals surface area contributed by atoms with Crippen molar-refractivity contribution in [3.05, 3.63) is 0 Å². The van der Waals surface area contributed by atoms with Gasteiger partial charge in [0.2, 0.25) is 0 Å². The van der Waals surface area contributed by atoms with Gasteiger partial charge in [-0.15, -0.1) is 0 Å². The van der Waals surface area contributed by atoms with Crippen molar-refractivity contribution in [3.63, 3.8) is 0 Å². The van der Waals surface area contributed by atoms with Crippen molar-refractivity contribution in [2.75, 3.05) is 0 Å². The Kier molecular flexibility index (Phi) is 2.23. The molecule has 2 heteroatoms. The molecular weight excluding hydrogens is 108 g/mol. The van der Waals surface area contributed by atoms with Gasteiger partial charge >= 0.3 is 0 Å². The second-order valence-corrected chi connectivity index (χ2v) is 3.01. The summed E-state index contributed by atoms with van der Waals surface area (Å²) < 4.78 is 9.81. The number of hydrogen-bond acceptors (Lipinski definition) is 1. The van der Waals surface area contributed by atoms with Crippen molar-refractivity contribution < 1.29 is 4.21 Å². The molecule has 0 aliphatic rings. The van der Waals surface area contributed by atoms with E-state index in [0.717, 1.165) is 0 Å². The molecule has 0 atom stereocenters. The third-order valence-corrected chi connectivity index (χ3v) is 1.20. The molecule has 0 aliphatic heterocycles. The largest absolute Gasteiger partial charge is 0.213 e. The Balaban J connectivity index is 3.80. The molecule has 0 N–H and O–H groups in total. The van der Waals surface area contributed by atoms with Gasteiger partial charge in [-0.2, -0.15) is 0 Å². The van der Waals surface area contributed by atoms with Crippen LogP contribution < -0.4 is 0 Å². The highest BCUT2D eigenvalue weighted by Crippen LogP contribution is 2.06. The summed E-state index contributed by atoms with van der Waals surface area (Å²) in [6, 6.07) is 0. The molecule has 0 radical (unpaired) electrons. The summed E-state index contributed by atoms with van der Waals surface area (Å²) in [5.41, 5.74) is 0.0758. The fourth-order valence-electron chi connectivity index (χ4n) is 0.144. The lowest BCUT2D eigenvalue weighted by atomic mass is 10.0. The molecule has 0 heterocycles. The van der Waals surface area contributed by atoms with Crippen molar-refractivity contribution in [3.8, 4) is 0 Å². The van der Waals surface area contributed by atoms with E-state index < -0.39 is 0 Å². The summed E-state index contributed by atoms with van der Waals surface area (Å²) in [6.07, 6.45) is 0. The van der Waals surface area contributed by atoms with Gasteiger partial charge in [0.05, 0.1) is 11.3 Å². The standard InChI is InChI=1S/C5H10OS/c1-5(2,3)4-7-6/h4H,1-3H3. The lowest BCUT2D eigenvalue weighted by molar-refractivity contribution is 0.613. The first-order valence-corrected chi connectivity index (χ1v) is 3.00. The Labute approximate surface area is 47.8 Å². The van der Waals surface area contributed by atoms with Gasteiger partial charge in [0, 0.05) is 5.37 Å². The van der Waals surface area contributed by atoms with Crippen LogP contribution in [-0.2, 0) is 11.3 Å². The van der Waals surface area contributed by atoms with E-state index in [2.05, 4.69) is 0 Å². The average molecular weight is 118 g/mol.